The highest BCUT2D eigenvalue weighted by atomic mass is 35.5. The maximum Gasteiger partial charge on any atom is 0.222 e. The summed E-state index contributed by atoms with van der Waals surface area (Å²) in [6, 6.07) is 13.1. The number of aliphatic imine (C=N–C) groups is 1. The summed E-state index contributed by atoms with van der Waals surface area (Å²) in [6.07, 6.45) is 2.04. The maximum absolute atomic E-state index is 13.1. The largest absolute Gasteiger partial charge is 0.497 e. The van der Waals surface area contributed by atoms with Crippen LogP contribution in [0.2, 0.25) is 5.02 Å². The van der Waals surface area contributed by atoms with Gasteiger partial charge in [0.2, 0.25) is 5.91 Å². The molecule has 0 radical (unpaired) electrons. The third kappa shape index (κ3) is 4.43. The van der Waals surface area contributed by atoms with Crippen LogP contribution >= 0.6 is 11.6 Å². The topological polar surface area (TPSA) is 93.4 Å². The van der Waals surface area contributed by atoms with Crippen LogP contribution in [0, 0.1) is 6.92 Å². The predicted molar refractivity (Wildman–Crippen MR) is 131 cm³/mol. The van der Waals surface area contributed by atoms with E-state index in [2.05, 4.69) is 20.8 Å². The van der Waals surface area contributed by atoms with E-state index in [0.717, 1.165) is 60.0 Å². The number of ether oxygens (including phenoxy) is 1. The molecule has 1 atom stereocenters. The summed E-state index contributed by atoms with van der Waals surface area (Å²) < 4.78 is 7.50. The minimum Gasteiger partial charge on any atom is -0.497 e. The number of amides is 1. The van der Waals surface area contributed by atoms with E-state index in [1.807, 2.05) is 54.0 Å². The number of nitrogens with one attached hydrogen (secondary N) is 2. The summed E-state index contributed by atoms with van der Waals surface area (Å²) in [6.45, 7) is 3.74. The van der Waals surface area contributed by atoms with Gasteiger partial charge in [0, 0.05) is 22.2 Å². The Bertz CT molecular complexity index is 1230. The molecule has 3 aromatic rings. The fraction of sp³-hybridized carbons (Fsp3) is 0.360. The number of aromatic nitrogens is 3. The molecule has 5 rings (SSSR count). The number of carbonyl (C=O) groups excluding carboxylic acids is 1. The van der Waals surface area contributed by atoms with Crippen molar-refractivity contribution in [3.63, 3.8) is 0 Å². The van der Waals surface area contributed by atoms with Gasteiger partial charge in [0.1, 0.15) is 17.6 Å². The lowest BCUT2D eigenvalue weighted by atomic mass is 10.00. The zero-order valence-corrected chi connectivity index (χ0v) is 20.0. The van der Waals surface area contributed by atoms with Gasteiger partial charge in [-0.3, -0.25) is 14.4 Å². The second-order valence-electron chi connectivity index (χ2n) is 8.62. The Balaban J connectivity index is 1.59. The molecule has 8 nitrogen and oxygen atoms in total. The average Bonchev–Trinajstić information content (AvgIpc) is 3.17. The molecule has 0 aliphatic carbocycles. The Morgan fingerprint density at radius 2 is 1.94 bits per heavy atom. The predicted octanol–water partition coefficient (Wildman–Crippen LogP) is 3.39. The summed E-state index contributed by atoms with van der Waals surface area (Å²) in [7, 11) is 1.64. The van der Waals surface area contributed by atoms with E-state index in [-0.39, 0.29) is 18.4 Å². The smallest absolute Gasteiger partial charge is 0.222 e. The van der Waals surface area contributed by atoms with Crippen molar-refractivity contribution in [2.75, 3.05) is 20.2 Å². The van der Waals surface area contributed by atoms with Crippen LogP contribution in [0.1, 0.15) is 48.1 Å². The molecule has 1 fully saturated rings. The van der Waals surface area contributed by atoms with Gasteiger partial charge in [-0.05, 0) is 63.2 Å². The van der Waals surface area contributed by atoms with Gasteiger partial charge >= 0.3 is 0 Å². The third-order valence-electron chi connectivity index (χ3n) is 6.33. The molecule has 0 saturated carbocycles. The van der Waals surface area contributed by atoms with Crippen LogP contribution in [0.3, 0.4) is 0 Å². The van der Waals surface area contributed by atoms with Gasteiger partial charge in [0.15, 0.2) is 5.82 Å². The third-order valence-corrected chi connectivity index (χ3v) is 6.59. The van der Waals surface area contributed by atoms with Crippen LogP contribution in [0.15, 0.2) is 47.5 Å². The summed E-state index contributed by atoms with van der Waals surface area (Å²) in [5.41, 5.74) is 3.44. The van der Waals surface area contributed by atoms with Gasteiger partial charge < -0.3 is 15.4 Å². The summed E-state index contributed by atoms with van der Waals surface area (Å²) in [4.78, 5) is 18.2. The van der Waals surface area contributed by atoms with Gasteiger partial charge in [0.05, 0.1) is 24.9 Å². The average molecular weight is 479 g/mol. The van der Waals surface area contributed by atoms with Crippen molar-refractivity contribution in [3.8, 4) is 11.4 Å². The lowest BCUT2D eigenvalue weighted by Crippen LogP contribution is -2.43. The first kappa shape index (κ1) is 22.6. The van der Waals surface area contributed by atoms with Crippen LogP contribution in [0.5, 0.6) is 5.75 Å². The fourth-order valence-corrected chi connectivity index (χ4v) is 4.73. The van der Waals surface area contributed by atoms with Crippen LogP contribution in [-0.4, -0.2) is 52.6 Å². The Kier molecular flexibility index (Phi) is 6.34. The first-order valence-electron chi connectivity index (χ1n) is 11.5. The highest BCUT2D eigenvalue weighted by Gasteiger charge is 2.30. The lowest BCUT2D eigenvalue weighted by Gasteiger charge is -2.24. The van der Waals surface area contributed by atoms with E-state index in [1.165, 1.54) is 0 Å². The number of piperidine rings is 1. The number of fused-ring (bicyclic) bond motifs is 3. The minimum absolute atomic E-state index is 0.0353. The standard InChI is InChI=1S/C25H27ClN6O2/c1-15-30-31-25-21(14-23(33)28-18-9-11-27-12-10-18)29-24(16-3-5-17(26)6-4-16)20-13-19(34-2)7-8-22(20)32(15)25/h3-8,13,18,21,27H,9-12,14H2,1-2H3,(H,28,33)/t21-/m0/s1. The highest BCUT2D eigenvalue weighted by Crippen LogP contribution is 2.34. The molecule has 2 aromatic carbocycles. The SMILES string of the molecule is COc1ccc2c(c1)C(c1ccc(Cl)cc1)=N[C@@H](CC(=O)NC1CCNCC1)c1nnc(C)n1-2. The van der Waals surface area contributed by atoms with Crippen molar-refractivity contribution in [2.45, 2.75) is 38.3 Å². The van der Waals surface area contributed by atoms with Gasteiger partial charge in [-0.2, -0.15) is 0 Å². The van der Waals surface area contributed by atoms with Crippen molar-refractivity contribution >= 4 is 23.2 Å². The molecule has 9 heteroatoms. The molecule has 2 N–H and O–H groups in total. The number of hydrogen-bond donors (Lipinski definition) is 2. The molecule has 2 aliphatic rings. The van der Waals surface area contributed by atoms with Crippen molar-refractivity contribution < 1.29 is 9.53 Å². The monoisotopic (exact) mass is 478 g/mol. The molecule has 1 amide bonds. The van der Waals surface area contributed by atoms with E-state index >= 15 is 0 Å². The molecule has 176 valence electrons. The molecule has 0 unspecified atom stereocenters. The molecule has 1 aromatic heterocycles. The molecule has 1 saturated heterocycles. The molecule has 0 bridgehead atoms. The van der Waals surface area contributed by atoms with Crippen LogP contribution < -0.4 is 15.4 Å². The Morgan fingerprint density at radius 1 is 1.18 bits per heavy atom. The number of halogens is 1. The minimum atomic E-state index is -0.494. The van der Waals surface area contributed by atoms with Gasteiger partial charge in [0.25, 0.3) is 0 Å². The number of carbonyl (C=O) groups is 1. The first-order chi connectivity index (χ1) is 16.5. The number of benzene rings is 2. The zero-order valence-electron chi connectivity index (χ0n) is 19.2. The second kappa shape index (κ2) is 9.56. The fourth-order valence-electron chi connectivity index (χ4n) is 4.61. The highest BCUT2D eigenvalue weighted by molar-refractivity contribution is 6.30. The van der Waals surface area contributed by atoms with Crippen molar-refractivity contribution in [1.29, 1.82) is 0 Å². The summed E-state index contributed by atoms with van der Waals surface area (Å²) >= 11 is 6.16. The number of aryl methyl sites for hydroxylation is 1. The van der Waals surface area contributed by atoms with Gasteiger partial charge in [-0.25, -0.2) is 0 Å². The van der Waals surface area contributed by atoms with Crippen LogP contribution in [0.4, 0.5) is 0 Å². The molecular formula is C25H27ClN6O2. The van der Waals surface area contributed by atoms with E-state index < -0.39 is 6.04 Å². The molecule has 2 aliphatic heterocycles. The number of hydrogen-bond acceptors (Lipinski definition) is 6. The second-order valence-corrected chi connectivity index (χ2v) is 9.06. The molecule has 3 heterocycles. The number of methoxy groups -OCH3 is 1. The van der Waals surface area contributed by atoms with E-state index in [0.29, 0.717) is 10.8 Å². The maximum atomic E-state index is 13.1. The normalized spacial score (nSPS) is 17.9. The Labute approximate surface area is 203 Å². The Hall–Kier alpha value is -3.23. The van der Waals surface area contributed by atoms with Crippen molar-refractivity contribution in [2.24, 2.45) is 4.99 Å². The Morgan fingerprint density at radius 3 is 2.68 bits per heavy atom. The van der Waals surface area contributed by atoms with Crippen molar-refractivity contribution in [1.82, 2.24) is 25.4 Å². The van der Waals surface area contributed by atoms with E-state index in [4.69, 9.17) is 21.3 Å². The van der Waals surface area contributed by atoms with Crippen LogP contribution in [0.25, 0.3) is 5.69 Å². The lowest BCUT2D eigenvalue weighted by molar-refractivity contribution is -0.122. The van der Waals surface area contributed by atoms with Crippen molar-refractivity contribution in [3.05, 3.63) is 70.3 Å². The molecule has 0 spiro atoms. The summed E-state index contributed by atoms with van der Waals surface area (Å²) in [5.74, 6) is 2.06. The quantitative estimate of drug-likeness (QED) is 0.586. The van der Waals surface area contributed by atoms with E-state index in [9.17, 15) is 4.79 Å². The first-order valence-corrected chi connectivity index (χ1v) is 11.9. The van der Waals surface area contributed by atoms with Gasteiger partial charge in [-0.1, -0.05) is 23.7 Å². The van der Waals surface area contributed by atoms with Crippen LogP contribution in [-0.2, 0) is 4.79 Å². The number of rotatable bonds is 5. The molecule has 34 heavy (non-hydrogen) atoms. The van der Waals surface area contributed by atoms with E-state index in [1.54, 1.807) is 7.11 Å². The van der Waals surface area contributed by atoms with Gasteiger partial charge in [-0.15, -0.1) is 10.2 Å². The zero-order chi connectivity index (χ0) is 23.7. The summed E-state index contributed by atoms with van der Waals surface area (Å²) in [5, 5.41) is 15.9. The number of nitrogens with zero attached hydrogens (tertiary/aromatic N) is 4. The molecular weight excluding hydrogens is 452 g/mol.